The van der Waals surface area contributed by atoms with Gasteiger partial charge in [0.2, 0.25) is 0 Å². The van der Waals surface area contributed by atoms with Crippen LogP contribution < -0.4 is 10.6 Å². The Kier molecular flexibility index (Phi) is 10.9. The molecule has 1 unspecified atom stereocenters. The van der Waals surface area contributed by atoms with E-state index in [1.807, 2.05) is 0 Å². The van der Waals surface area contributed by atoms with Crippen molar-refractivity contribution >= 4 is 17.3 Å². The van der Waals surface area contributed by atoms with E-state index >= 15 is 0 Å². The first kappa shape index (κ1) is 15.7. The molecule has 96 valence electrons. The highest BCUT2D eigenvalue weighted by molar-refractivity contribution is 7.80. The maximum absolute atomic E-state index is 5.20. The summed E-state index contributed by atoms with van der Waals surface area (Å²) < 4.78 is 4.97. The number of hydrogen-bond donors (Lipinski definition) is 2. The van der Waals surface area contributed by atoms with E-state index in [9.17, 15) is 0 Å². The van der Waals surface area contributed by atoms with Crippen molar-refractivity contribution in [3.8, 4) is 0 Å². The summed E-state index contributed by atoms with van der Waals surface area (Å²) in [5.41, 5.74) is 0. The highest BCUT2D eigenvalue weighted by Gasteiger charge is 2.02. The van der Waals surface area contributed by atoms with Gasteiger partial charge in [-0.05, 0) is 32.0 Å². The molecule has 0 aromatic heterocycles. The van der Waals surface area contributed by atoms with Gasteiger partial charge in [-0.2, -0.15) is 0 Å². The first-order chi connectivity index (χ1) is 7.70. The van der Waals surface area contributed by atoms with Crippen molar-refractivity contribution in [1.82, 2.24) is 10.6 Å². The lowest BCUT2D eigenvalue weighted by molar-refractivity contribution is 0.195. The molecule has 4 heteroatoms. The molecule has 16 heavy (non-hydrogen) atoms. The first-order valence-corrected chi connectivity index (χ1v) is 6.64. The van der Waals surface area contributed by atoms with Crippen LogP contribution in [0.5, 0.6) is 0 Å². The molecular weight excluding hydrogens is 220 g/mol. The lowest BCUT2D eigenvalue weighted by Gasteiger charge is -2.16. The Labute approximate surface area is 105 Å². The van der Waals surface area contributed by atoms with E-state index in [1.54, 1.807) is 7.11 Å². The van der Waals surface area contributed by atoms with E-state index < -0.39 is 0 Å². The summed E-state index contributed by atoms with van der Waals surface area (Å²) in [5.74, 6) is 0. The topological polar surface area (TPSA) is 33.3 Å². The highest BCUT2D eigenvalue weighted by atomic mass is 32.1. The van der Waals surface area contributed by atoms with Gasteiger partial charge < -0.3 is 15.4 Å². The van der Waals surface area contributed by atoms with Crippen molar-refractivity contribution in [2.24, 2.45) is 0 Å². The summed E-state index contributed by atoms with van der Waals surface area (Å²) in [4.78, 5) is 0. The van der Waals surface area contributed by atoms with E-state index in [0.717, 1.165) is 24.7 Å². The molecule has 0 heterocycles. The van der Waals surface area contributed by atoms with Gasteiger partial charge in [-0.25, -0.2) is 0 Å². The molecule has 0 radical (unpaired) electrons. The van der Waals surface area contributed by atoms with Crippen LogP contribution in [0.3, 0.4) is 0 Å². The molecule has 0 aliphatic heterocycles. The molecule has 0 bridgehead atoms. The Bertz CT molecular complexity index is 176. The molecule has 0 aliphatic rings. The van der Waals surface area contributed by atoms with E-state index in [0.29, 0.717) is 6.04 Å². The van der Waals surface area contributed by atoms with Gasteiger partial charge in [0.1, 0.15) is 0 Å². The fraction of sp³-hybridized carbons (Fsp3) is 0.917. The number of unbranched alkanes of at least 4 members (excludes halogenated alkanes) is 2. The number of methoxy groups -OCH3 is 1. The maximum Gasteiger partial charge on any atom is 0.166 e. The van der Waals surface area contributed by atoms with Crippen LogP contribution in [-0.2, 0) is 4.74 Å². The second kappa shape index (κ2) is 11.1. The van der Waals surface area contributed by atoms with Gasteiger partial charge in [0.05, 0.1) is 0 Å². The normalized spacial score (nSPS) is 12.2. The minimum absolute atomic E-state index is 0.467. The van der Waals surface area contributed by atoms with Crippen LogP contribution in [0.25, 0.3) is 0 Å². The Morgan fingerprint density at radius 2 is 2.06 bits per heavy atom. The largest absolute Gasteiger partial charge is 0.385 e. The molecular formula is C12H26N2OS. The van der Waals surface area contributed by atoms with Crippen LogP contribution in [0.1, 0.15) is 46.0 Å². The Morgan fingerprint density at radius 3 is 2.69 bits per heavy atom. The Balaban J connectivity index is 3.39. The molecule has 3 nitrogen and oxygen atoms in total. The van der Waals surface area contributed by atoms with Crippen LogP contribution in [-0.4, -0.2) is 31.4 Å². The third-order valence-corrected chi connectivity index (χ3v) is 2.69. The zero-order valence-corrected chi connectivity index (χ0v) is 11.7. The van der Waals surface area contributed by atoms with E-state index in [-0.39, 0.29) is 0 Å². The molecule has 0 rings (SSSR count). The van der Waals surface area contributed by atoms with Gasteiger partial charge in [-0.3, -0.25) is 0 Å². The minimum atomic E-state index is 0.467. The van der Waals surface area contributed by atoms with E-state index in [4.69, 9.17) is 17.0 Å². The van der Waals surface area contributed by atoms with Gasteiger partial charge >= 0.3 is 0 Å². The number of nitrogens with one attached hydrogen (secondary N) is 2. The Hall–Kier alpha value is -0.350. The quantitative estimate of drug-likeness (QED) is 0.484. The minimum Gasteiger partial charge on any atom is -0.385 e. The molecule has 0 aliphatic carbocycles. The molecule has 0 saturated heterocycles. The van der Waals surface area contributed by atoms with Gasteiger partial charge in [0.25, 0.3) is 0 Å². The zero-order valence-electron chi connectivity index (χ0n) is 10.8. The second-order valence-corrected chi connectivity index (χ2v) is 4.55. The predicted octanol–water partition coefficient (Wildman–Crippen LogP) is 2.46. The van der Waals surface area contributed by atoms with Gasteiger partial charge in [0.15, 0.2) is 5.11 Å². The third kappa shape index (κ3) is 10.2. The molecule has 0 spiro atoms. The van der Waals surface area contributed by atoms with Crippen LogP contribution >= 0.6 is 12.2 Å². The zero-order chi connectivity index (χ0) is 12.2. The summed E-state index contributed by atoms with van der Waals surface area (Å²) in [6.45, 7) is 6.06. The standard InChI is InChI=1S/C12H26N2OS/c1-4-5-6-8-11(2)14-12(16)13-9-7-10-15-3/h11H,4-10H2,1-3H3,(H2,13,14,16). The van der Waals surface area contributed by atoms with Gasteiger partial charge in [-0.15, -0.1) is 0 Å². The van der Waals surface area contributed by atoms with Crippen LogP contribution in [0.2, 0.25) is 0 Å². The molecule has 0 amide bonds. The monoisotopic (exact) mass is 246 g/mol. The molecule has 0 aromatic rings. The fourth-order valence-electron chi connectivity index (χ4n) is 1.47. The summed E-state index contributed by atoms with van der Waals surface area (Å²) >= 11 is 5.20. The van der Waals surface area contributed by atoms with Crippen molar-refractivity contribution in [1.29, 1.82) is 0 Å². The van der Waals surface area contributed by atoms with Crippen LogP contribution in [0, 0.1) is 0 Å². The van der Waals surface area contributed by atoms with Crippen molar-refractivity contribution in [2.75, 3.05) is 20.3 Å². The number of thiocarbonyl (C=S) groups is 1. The smallest absolute Gasteiger partial charge is 0.166 e. The first-order valence-electron chi connectivity index (χ1n) is 6.24. The predicted molar refractivity (Wildman–Crippen MR) is 73.8 cm³/mol. The summed E-state index contributed by atoms with van der Waals surface area (Å²) in [6.07, 6.45) is 6.03. The van der Waals surface area contributed by atoms with Gasteiger partial charge in [-0.1, -0.05) is 26.2 Å². The number of rotatable bonds is 9. The lowest BCUT2D eigenvalue weighted by atomic mass is 10.1. The van der Waals surface area contributed by atoms with Crippen LogP contribution in [0.4, 0.5) is 0 Å². The summed E-state index contributed by atoms with van der Waals surface area (Å²) in [5, 5.41) is 7.24. The molecule has 0 aromatic carbocycles. The lowest BCUT2D eigenvalue weighted by Crippen LogP contribution is -2.41. The second-order valence-electron chi connectivity index (χ2n) is 4.14. The van der Waals surface area contributed by atoms with Gasteiger partial charge in [0, 0.05) is 26.3 Å². The molecule has 2 N–H and O–H groups in total. The molecule has 0 fully saturated rings. The summed E-state index contributed by atoms with van der Waals surface area (Å²) in [6, 6.07) is 0.467. The highest BCUT2D eigenvalue weighted by Crippen LogP contribution is 2.02. The average Bonchev–Trinajstić information content (AvgIpc) is 2.25. The van der Waals surface area contributed by atoms with E-state index in [1.165, 1.54) is 25.7 Å². The van der Waals surface area contributed by atoms with Crippen molar-refractivity contribution in [2.45, 2.75) is 52.0 Å². The van der Waals surface area contributed by atoms with Crippen LogP contribution in [0.15, 0.2) is 0 Å². The Morgan fingerprint density at radius 1 is 1.31 bits per heavy atom. The van der Waals surface area contributed by atoms with Crippen molar-refractivity contribution < 1.29 is 4.74 Å². The molecule has 1 atom stereocenters. The molecule has 0 saturated carbocycles. The number of ether oxygens (including phenoxy) is 1. The maximum atomic E-state index is 5.20. The average molecular weight is 246 g/mol. The van der Waals surface area contributed by atoms with E-state index in [2.05, 4.69) is 24.5 Å². The fourth-order valence-corrected chi connectivity index (χ4v) is 1.77. The SMILES string of the molecule is CCCCCC(C)NC(=S)NCCCOC. The summed E-state index contributed by atoms with van der Waals surface area (Å²) in [7, 11) is 1.71. The van der Waals surface area contributed by atoms with Crippen molar-refractivity contribution in [3.05, 3.63) is 0 Å². The third-order valence-electron chi connectivity index (χ3n) is 2.43. The number of hydrogen-bond acceptors (Lipinski definition) is 2. The van der Waals surface area contributed by atoms with Crippen molar-refractivity contribution in [3.63, 3.8) is 0 Å².